The molecular weight excluding hydrogens is 420 g/mol. The van der Waals surface area contributed by atoms with Crippen LogP contribution in [0.3, 0.4) is 0 Å². The van der Waals surface area contributed by atoms with E-state index < -0.39 is 33.7 Å². The summed E-state index contributed by atoms with van der Waals surface area (Å²) in [5.74, 6) is -1.93. The average Bonchev–Trinajstić information content (AvgIpc) is 2.70. The summed E-state index contributed by atoms with van der Waals surface area (Å²) in [7, 11) is -4.73. The topological polar surface area (TPSA) is 107 Å². The second-order valence-electron chi connectivity index (χ2n) is 7.54. The lowest BCUT2D eigenvalue weighted by molar-refractivity contribution is -0.150. The first-order valence-electron chi connectivity index (χ1n) is 11.6. The number of esters is 2. The molecule has 184 valence electrons. The van der Waals surface area contributed by atoms with Gasteiger partial charge in [-0.05, 0) is 19.8 Å². The van der Waals surface area contributed by atoms with Gasteiger partial charge in [0.2, 0.25) is 0 Å². The number of rotatable bonds is 18. The third kappa shape index (κ3) is 21.6. The van der Waals surface area contributed by atoms with Gasteiger partial charge in [0.15, 0.2) is 5.25 Å². The Hall–Kier alpha value is -1.41. The summed E-state index contributed by atoms with van der Waals surface area (Å²) in [6.45, 7) is 9.75. The normalized spacial score (nSPS) is 11.7. The van der Waals surface area contributed by atoms with Gasteiger partial charge in [0, 0.05) is 0 Å². The molecule has 0 aromatic rings. The van der Waals surface area contributed by atoms with E-state index in [9.17, 15) is 22.6 Å². The lowest BCUT2D eigenvalue weighted by Crippen LogP contribution is -2.34. The summed E-state index contributed by atoms with van der Waals surface area (Å²) >= 11 is 0. The van der Waals surface area contributed by atoms with E-state index in [2.05, 4.69) is 20.4 Å². The Morgan fingerprint density at radius 1 is 0.839 bits per heavy atom. The largest absolute Gasteiger partial charge is 0.466 e. The van der Waals surface area contributed by atoms with Crippen LogP contribution in [-0.2, 0) is 29.2 Å². The van der Waals surface area contributed by atoms with E-state index in [1.165, 1.54) is 6.42 Å². The molecule has 0 bridgehead atoms. The first-order chi connectivity index (χ1) is 14.7. The maximum Gasteiger partial charge on any atom is 0.327 e. The highest BCUT2D eigenvalue weighted by Crippen LogP contribution is 2.11. The Bertz CT molecular complexity index is 558. The highest BCUT2D eigenvalue weighted by Gasteiger charge is 2.35. The monoisotopic (exact) mass is 464 g/mol. The third-order valence-electron chi connectivity index (χ3n) is 4.48. The molecule has 1 atom stereocenters. The van der Waals surface area contributed by atoms with Crippen LogP contribution in [0.5, 0.6) is 0 Å². The summed E-state index contributed by atoms with van der Waals surface area (Å²) in [5.41, 5.74) is 0. The molecule has 1 unspecified atom stereocenters. The summed E-state index contributed by atoms with van der Waals surface area (Å²) in [6, 6.07) is 0. The molecule has 0 saturated heterocycles. The van der Waals surface area contributed by atoms with Crippen molar-refractivity contribution in [3.05, 3.63) is 12.7 Å². The van der Waals surface area contributed by atoms with Gasteiger partial charge < -0.3 is 9.47 Å². The van der Waals surface area contributed by atoms with Crippen LogP contribution in [0, 0.1) is 0 Å². The van der Waals surface area contributed by atoms with Crippen molar-refractivity contribution in [1.29, 1.82) is 0 Å². The van der Waals surface area contributed by atoms with Crippen molar-refractivity contribution in [2.45, 2.75) is 109 Å². The second kappa shape index (κ2) is 21.8. The maximum atomic E-state index is 12.0. The quantitative estimate of drug-likeness (QED) is 0.121. The van der Waals surface area contributed by atoms with Gasteiger partial charge in [0.25, 0.3) is 10.1 Å². The van der Waals surface area contributed by atoms with Gasteiger partial charge in [-0.1, -0.05) is 84.1 Å². The number of hydrogen-bond donors (Lipinski definition) is 1. The maximum absolute atomic E-state index is 12.0. The Labute approximate surface area is 189 Å². The standard InChI is InChI=1S/C20H38O7S.C3H6/c1-3-5-7-9-11-13-15-26-19(21)17-18(28(23,24)25)20(22)27-16-14-12-10-8-6-4-2;1-3-2/h18H,3-17H2,1-2H3,(H,23,24,25);3H,1H2,2H3. The van der Waals surface area contributed by atoms with E-state index in [4.69, 9.17) is 9.47 Å². The lowest BCUT2D eigenvalue weighted by Gasteiger charge is -2.13. The molecule has 31 heavy (non-hydrogen) atoms. The fourth-order valence-corrected chi connectivity index (χ4v) is 3.39. The number of hydrogen-bond acceptors (Lipinski definition) is 6. The van der Waals surface area contributed by atoms with Gasteiger partial charge in [-0.15, -0.1) is 6.58 Å². The summed E-state index contributed by atoms with van der Waals surface area (Å²) in [4.78, 5) is 23.8. The zero-order valence-electron chi connectivity index (χ0n) is 19.8. The van der Waals surface area contributed by atoms with Gasteiger partial charge in [-0.2, -0.15) is 8.42 Å². The predicted molar refractivity (Wildman–Crippen MR) is 124 cm³/mol. The zero-order chi connectivity index (χ0) is 24.0. The Morgan fingerprint density at radius 3 is 1.65 bits per heavy atom. The first-order valence-corrected chi connectivity index (χ1v) is 13.1. The highest BCUT2D eigenvalue weighted by atomic mass is 32.2. The van der Waals surface area contributed by atoms with Gasteiger partial charge in [-0.25, -0.2) is 0 Å². The molecule has 0 aliphatic rings. The summed E-state index contributed by atoms with van der Waals surface area (Å²) in [5, 5.41) is -1.93. The van der Waals surface area contributed by atoms with Gasteiger partial charge in [0.05, 0.1) is 19.6 Å². The van der Waals surface area contributed by atoms with Crippen LogP contribution >= 0.6 is 0 Å². The Morgan fingerprint density at radius 2 is 1.23 bits per heavy atom. The number of allylic oxidation sites excluding steroid dienone is 1. The zero-order valence-corrected chi connectivity index (χ0v) is 20.6. The first kappa shape index (κ1) is 31.8. The molecule has 0 aromatic heterocycles. The molecule has 0 saturated carbocycles. The van der Waals surface area contributed by atoms with Crippen molar-refractivity contribution in [3.8, 4) is 0 Å². The predicted octanol–water partition coefficient (Wildman–Crippen LogP) is 5.63. The number of carbonyl (C=O) groups excluding carboxylic acids is 2. The minimum absolute atomic E-state index is 0.0732. The molecule has 8 heteroatoms. The molecule has 0 aliphatic heterocycles. The van der Waals surface area contributed by atoms with Crippen LogP contribution in [0.25, 0.3) is 0 Å². The van der Waals surface area contributed by atoms with Crippen LogP contribution in [0.2, 0.25) is 0 Å². The molecular formula is C23H44O7S. The molecule has 7 nitrogen and oxygen atoms in total. The van der Waals surface area contributed by atoms with E-state index in [1.54, 1.807) is 6.08 Å². The van der Waals surface area contributed by atoms with E-state index in [-0.39, 0.29) is 13.2 Å². The molecule has 0 rings (SSSR count). The van der Waals surface area contributed by atoms with Crippen LogP contribution < -0.4 is 0 Å². The van der Waals surface area contributed by atoms with Crippen molar-refractivity contribution < 1.29 is 32.0 Å². The molecule has 1 N–H and O–H groups in total. The SMILES string of the molecule is C=CC.CCCCCCCCOC(=O)CC(C(=O)OCCCCCCCC)S(=O)(=O)O. The summed E-state index contributed by atoms with van der Waals surface area (Å²) in [6.07, 6.45) is 13.1. The van der Waals surface area contributed by atoms with Crippen molar-refractivity contribution in [2.24, 2.45) is 0 Å². The minimum atomic E-state index is -4.73. The van der Waals surface area contributed by atoms with Crippen LogP contribution in [0.1, 0.15) is 104 Å². The molecule has 0 aromatic carbocycles. The molecule has 0 radical (unpaired) electrons. The van der Waals surface area contributed by atoms with E-state index in [1.807, 2.05) is 6.92 Å². The number of carbonyl (C=O) groups is 2. The van der Waals surface area contributed by atoms with E-state index in [0.717, 1.165) is 57.8 Å². The molecule has 0 fully saturated rings. The lowest BCUT2D eigenvalue weighted by atomic mass is 10.1. The van der Waals surface area contributed by atoms with Crippen LogP contribution in [0.4, 0.5) is 0 Å². The van der Waals surface area contributed by atoms with Gasteiger partial charge in [-0.3, -0.25) is 14.1 Å². The van der Waals surface area contributed by atoms with E-state index >= 15 is 0 Å². The molecule has 0 aliphatic carbocycles. The van der Waals surface area contributed by atoms with E-state index in [0.29, 0.717) is 12.8 Å². The third-order valence-corrected chi connectivity index (χ3v) is 5.56. The number of unbranched alkanes of at least 4 members (excludes halogenated alkanes) is 10. The molecule has 0 spiro atoms. The van der Waals surface area contributed by atoms with Crippen molar-refractivity contribution >= 4 is 22.1 Å². The fraction of sp³-hybridized carbons (Fsp3) is 0.826. The van der Waals surface area contributed by atoms with Crippen molar-refractivity contribution in [2.75, 3.05) is 13.2 Å². The Kier molecular flexibility index (Phi) is 22.4. The number of ether oxygens (including phenoxy) is 2. The second-order valence-corrected chi connectivity index (χ2v) is 9.14. The van der Waals surface area contributed by atoms with Gasteiger partial charge >= 0.3 is 11.9 Å². The highest BCUT2D eigenvalue weighted by molar-refractivity contribution is 7.87. The van der Waals surface area contributed by atoms with Crippen LogP contribution in [0.15, 0.2) is 12.7 Å². The molecule has 0 amide bonds. The Balaban J connectivity index is 0. The smallest absolute Gasteiger partial charge is 0.327 e. The van der Waals surface area contributed by atoms with Gasteiger partial charge in [0.1, 0.15) is 0 Å². The van der Waals surface area contributed by atoms with Crippen molar-refractivity contribution in [1.82, 2.24) is 0 Å². The molecule has 0 heterocycles. The minimum Gasteiger partial charge on any atom is -0.466 e. The van der Waals surface area contributed by atoms with Crippen LogP contribution in [-0.4, -0.2) is 43.4 Å². The average molecular weight is 465 g/mol. The fourth-order valence-electron chi connectivity index (χ4n) is 2.74. The van der Waals surface area contributed by atoms with Crippen molar-refractivity contribution in [3.63, 3.8) is 0 Å². The summed E-state index contributed by atoms with van der Waals surface area (Å²) < 4.78 is 42.0.